The van der Waals surface area contributed by atoms with Crippen LogP contribution >= 0.6 is 0 Å². The molecule has 0 aliphatic heterocycles. The maximum absolute atomic E-state index is 5.59. The fraction of sp³-hybridized carbons (Fsp3) is 0.0769. The number of nitrogens with zero attached hydrogens (tertiary/aromatic N) is 1. The van der Waals surface area contributed by atoms with Crippen molar-refractivity contribution in [3.63, 3.8) is 0 Å². The van der Waals surface area contributed by atoms with Crippen LogP contribution in [0.4, 0.5) is 0 Å². The number of pyridine rings is 1. The van der Waals surface area contributed by atoms with E-state index >= 15 is 0 Å². The van der Waals surface area contributed by atoms with Crippen LogP contribution in [0.3, 0.4) is 0 Å². The molecule has 0 fully saturated rings. The van der Waals surface area contributed by atoms with E-state index in [2.05, 4.69) is 11.1 Å². The predicted molar refractivity (Wildman–Crippen MR) is 55.7 cm³/mol. The Kier molecular flexibility index (Phi) is 4.54. The second-order valence-corrected chi connectivity index (χ2v) is 3.12. The van der Waals surface area contributed by atoms with Crippen LogP contribution in [0.5, 0.6) is 0 Å². The zero-order valence-corrected chi connectivity index (χ0v) is 9.02. The summed E-state index contributed by atoms with van der Waals surface area (Å²) in [5.41, 5.74) is 2.68. The molecular weight excluding hydrogens is 234 g/mol. The van der Waals surface area contributed by atoms with Crippen LogP contribution in [0.15, 0.2) is 42.5 Å². The molecule has 15 heavy (non-hydrogen) atoms. The molecule has 1 nitrogen and oxygen atoms in total. The smallest absolute Gasteiger partial charge is 0.257 e. The molecule has 0 amide bonds. The third-order valence-electron chi connectivity index (χ3n) is 1.97. The van der Waals surface area contributed by atoms with E-state index in [1.807, 2.05) is 36.4 Å². The zero-order chi connectivity index (χ0) is 9.80. The van der Waals surface area contributed by atoms with Crippen LogP contribution in [-0.4, -0.2) is 4.98 Å². The number of aromatic nitrogens is 1. The van der Waals surface area contributed by atoms with Crippen molar-refractivity contribution in [2.75, 3.05) is 0 Å². The molecule has 0 aliphatic carbocycles. The van der Waals surface area contributed by atoms with Crippen molar-refractivity contribution < 1.29 is 17.1 Å². The normalized spacial score (nSPS) is 9.40. The van der Waals surface area contributed by atoms with Crippen molar-refractivity contribution in [1.29, 1.82) is 0 Å². The summed E-state index contributed by atoms with van der Waals surface area (Å²) in [7, 11) is 0. The maximum Gasteiger partial charge on any atom is 1.00 e. The van der Waals surface area contributed by atoms with Gasteiger partial charge in [0.05, 0.1) is 0 Å². The summed E-state index contributed by atoms with van der Waals surface area (Å²) in [5.74, 6) is 0. The van der Waals surface area contributed by atoms with E-state index < -0.39 is 0 Å². The zero-order valence-electron chi connectivity index (χ0n) is 8.07. The Bertz CT molecular complexity index is 412. The number of rotatable bonds is 2. The molecule has 2 rings (SSSR count). The molecule has 2 heteroatoms. The minimum atomic E-state index is 0. The molecule has 0 spiro atoms. The first-order valence-electron chi connectivity index (χ1n) is 4.51. The molecule has 1 heterocycles. The van der Waals surface area contributed by atoms with Crippen LogP contribution in [-0.2, 0) is 23.5 Å². The van der Waals surface area contributed by atoms with Gasteiger partial charge in [0.25, 0.3) is 0 Å². The third-order valence-corrected chi connectivity index (χ3v) is 1.97. The van der Waals surface area contributed by atoms with Crippen molar-refractivity contribution in [3.8, 4) is 0 Å². The van der Waals surface area contributed by atoms with Crippen molar-refractivity contribution in [2.24, 2.45) is 0 Å². The SMILES string of the molecule is [CH]c1cccc(Cc2[c-]cccc2)n1.[Cu+]. The van der Waals surface area contributed by atoms with Gasteiger partial charge in [-0.25, -0.2) is 0 Å². The molecule has 0 saturated carbocycles. The van der Waals surface area contributed by atoms with Crippen molar-refractivity contribution in [1.82, 2.24) is 4.98 Å². The van der Waals surface area contributed by atoms with Crippen molar-refractivity contribution in [2.45, 2.75) is 6.42 Å². The Morgan fingerprint density at radius 2 is 2.00 bits per heavy atom. The Morgan fingerprint density at radius 3 is 2.67 bits per heavy atom. The molecule has 0 atom stereocenters. The van der Waals surface area contributed by atoms with Gasteiger partial charge in [0, 0.05) is 18.3 Å². The van der Waals surface area contributed by atoms with Gasteiger partial charge in [0.2, 0.25) is 0 Å². The molecule has 1 aromatic carbocycles. The summed E-state index contributed by atoms with van der Waals surface area (Å²) in [5, 5.41) is 0. The largest absolute Gasteiger partial charge is 1.00 e. The van der Waals surface area contributed by atoms with Gasteiger partial charge in [-0.15, -0.1) is 0 Å². The molecule has 78 valence electrons. The Morgan fingerprint density at radius 1 is 1.13 bits per heavy atom. The van der Waals surface area contributed by atoms with Gasteiger partial charge >= 0.3 is 17.1 Å². The van der Waals surface area contributed by atoms with Gasteiger partial charge in [-0.05, 0) is 18.6 Å². The quantitative estimate of drug-likeness (QED) is 0.584. The second kappa shape index (κ2) is 5.69. The summed E-state index contributed by atoms with van der Waals surface area (Å²) < 4.78 is 0. The molecule has 2 radical (unpaired) electrons. The van der Waals surface area contributed by atoms with Crippen LogP contribution in [0.25, 0.3) is 0 Å². The first kappa shape index (κ1) is 12.0. The van der Waals surface area contributed by atoms with E-state index in [1.165, 1.54) is 0 Å². The topological polar surface area (TPSA) is 12.9 Å². The molecular formula is C13H10CuN. The van der Waals surface area contributed by atoms with Crippen LogP contribution in [0, 0.1) is 13.0 Å². The maximum atomic E-state index is 5.59. The Hall–Kier alpha value is -1.11. The van der Waals surface area contributed by atoms with Crippen molar-refractivity contribution in [3.05, 3.63) is 72.4 Å². The minimum Gasteiger partial charge on any atom is -0.257 e. The molecule has 0 aliphatic rings. The van der Waals surface area contributed by atoms with Gasteiger partial charge < -0.3 is 0 Å². The number of hydrogen-bond acceptors (Lipinski definition) is 1. The van der Waals surface area contributed by atoms with Gasteiger partial charge in [-0.1, -0.05) is 6.07 Å². The summed E-state index contributed by atoms with van der Waals surface area (Å²) in [6.07, 6.45) is 0.784. The first-order chi connectivity index (χ1) is 6.84. The average molecular weight is 244 g/mol. The number of hydrogen-bond donors (Lipinski definition) is 0. The molecule has 0 saturated heterocycles. The molecule has 2 aromatic rings. The van der Waals surface area contributed by atoms with E-state index in [4.69, 9.17) is 6.92 Å². The van der Waals surface area contributed by atoms with Gasteiger partial charge in [-0.3, -0.25) is 4.98 Å². The van der Waals surface area contributed by atoms with Crippen molar-refractivity contribution >= 4 is 0 Å². The summed E-state index contributed by atoms with van der Waals surface area (Å²) in [6.45, 7) is 5.59. The van der Waals surface area contributed by atoms with Crippen LogP contribution < -0.4 is 0 Å². The van der Waals surface area contributed by atoms with Gasteiger partial charge in [0.1, 0.15) is 0 Å². The van der Waals surface area contributed by atoms with Gasteiger partial charge in [0.15, 0.2) is 0 Å². The first-order valence-corrected chi connectivity index (χ1v) is 4.51. The second-order valence-electron chi connectivity index (χ2n) is 3.12. The minimum absolute atomic E-state index is 0. The fourth-order valence-electron chi connectivity index (χ4n) is 1.33. The fourth-order valence-corrected chi connectivity index (χ4v) is 1.33. The molecule has 0 N–H and O–H groups in total. The molecule has 0 bridgehead atoms. The standard InChI is InChI=1S/C13H10N.Cu/c1-11-6-5-9-13(14-11)10-12-7-3-2-4-8-12;/h1-7,9H,10H2;/q-1;+1. The van der Waals surface area contributed by atoms with Gasteiger partial charge in [-0.2, -0.15) is 35.9 Å². The predicted octanol–water partition coefficient (Wildman–Crippen LogP) is 2.53. The summed E-state index contributed by atoms with van der Waals surface area (Å²) in [4.78, 5) is 4.23. The van der Waals surface area contributed by atoms with E-state index in [0.717, 1.165) is 17.7 Å². The van der Waals surface area contributed by atoms with E-state index in [0.29, 0.717) is 5.69 Å². The van der Waals surface area contributed by atoms with E-state index in [9.17, 15) is 0 Å². The molecule has 1 aromatic heterocycles. The monoisotopic (exact) mass is 243 g/mol. The summed E-state index contributed by atoms with van der Waals surface area (Å²) in [6, 6.07) is 16.7. The van der Waals surface area contributed by atoms with Crippen LogP contribution in [0.1, 0.15) is 17.0 Å². The average Bonchev–Trinajstić information content (AvgIpc) is 2.19. The summed E-state index contributed by atoms with van der Waals surface area (Å²) >= 11 is 0. The van der Waals surface area contributed by atoms with E-state index in [-0.39, 0.29) is 17.1 Å². The molecule has 0 unspecified atom stereocenters. The Balaban J connectivity index is 0.00000112. The number of benzene rings is 1. The Labute approximate surface area is 101 Å². The van der Waals surface area contributed by atoms with E-state index in [1.54, 1.807) is 6.07 Å². The third kappa shape index (κ3) is 3.50. The van der Waals surface area contributed by atoms with Crippen LogP contribution in [0.2, 0.25) is 0 Å².